The average molecular weight is 409 g/mol. The molecule has 0 aliphatic heterocycles. The molecule has 0 atom stereocenters. The van der Waals surface area contributed by atoms with Crippen molar-refractivity contribution in [2.24, 2.45) is 0 Å². The first kappa shape index (κ1) is 20.2. The van der Waals surface area contributed by atoms with Crippen LogP contribution in [0.15, 0.2) is 47.0 Å². The molecule has 0 spiro atoms. The van der Waals surface area contributed by atoms with Crippen LogP contribution >= 0.6 is 0 Å². The smallest absolute Gasteiger partial charge is 0.241 e. The number of hydrogen-bond donors (Lipinski definition) is 0. The number of methoxy groups -OCH3 is 2. The van der Waals surface area contributed by atoms with Crippen LogP contribution in [0.5, 0.6) is 17.2 Å². The highest BCUT2D eigenvalue weighted by atomic mass is 16.5. The van der Waals surface area contributed by atoms with Crippen LogP contribution < -0.4 is 14.2 Å². The Labute approximate surface area is 176 Å². The van der Waals surface area contributed by atoms with Crippen molar-refractivity contribution in [3.8, 4) is 28.6 Å². The summed E-state index contributed by atoms with van der Waals surface area (Å²) in [4.78, 5) is 6.96. The van der Waals surface area contributed by atoms with E-state index < -0.39 is 0 Å². The van der Waals surface area contributed by atoms with Crippen LogP contribution in [0.3, 0.4) is 0 Å². The normalized spacial score (nSPS) is 13.5. The molecule has 1 aliphatic rings. The number of ether oxygens (including phenoxy) is 3. The second-order valence-electron chi connectivity index (χ2n) is 7.28. The van der Waals surface area contributed by atoms with E-state index in [1.54, 1.807) is 14.2 Å². The van der Waals surface area contributed by atoms with Gasteiger partial charge in [-0.2, -0.15) is 4.98 Å². The van der Waals surface area contributed by atoms with Crippen molar-refractivity contribution in [1.29, 1.82) is 0 Å². The third-order valence-corrected chi connectivity index (χ3v) is 5.15. The van der Waals surface area contributed by atoms with Crippen LogP contribution in [0.2, 0.25) is 0 Å². The molecule has 2 aromatic carbocycles. The van der Waals surface area contributed by atoms with E-state index in [1.807, 2.05) is 49.4 Å². The maximum atomic E-state index is 5.55. The molecule has 1 saturated carbocycles. The van der Waals surface area contributed by atoms with E-state index in [0.29, 0.717) is 30.9 Å². The highest BCUT2D eigenvalue weighted by Crippen LogP contribution is 2.33. The molecule has 1 aliphatic carbocycles. The second-order valence-corrected chi connectivity index (χ2v) is 7.28. The van der Waals surface area contributed by atoms with Crippen LogP contribution in [0.4, 0.5) is 0 Å². The first-order valence-electron chi connectivity index (χ1n) is 10.2. The van der Waals surface area contributed by atoms with Crippen LogP contribution in [0, 0.1) is 0 Å². The lowest BCUT2D eigenvalue weighted by Gasteiger charge is -2.21. The van der Waals surface area contributed by atoms with Crippen molar-refractivity contribution in [1.82, 2.24) is 15.0 Å². The van der Waals surface area contributed by atoms with Gasteiger partial charge in [0, 0.05) is 23.7 Å². The molecule has 1 aromatic heterocycles. The fourth-order valence-electron chi connectivity index (χ4n) is 3.46. The van der Waals surface area contributed by atoms with Gasteiger partial charge >= 0.3 is 0 Å². The van der Waals surface area contributed by atoms with Gasteiger partial charge in [0.2, 0.25) is 11.7 Å². The maximum Gasteiger partial charge on any atom is 0.241 e. The Kier molecular flexibility index (Phi) is 6.18. The Bertz CT molecular complexity index is 967. The number of rotatable bonds is 10. The van der Waals surface area contributed by atoms with Crippen molar-refractivity contribution in [3.63, 3.8) is 0 Å². The van der Waals surface area contributed by atoms with Gasteiger partial charge in [-0.05, 0) is 62.2 Å². The first-order valence-corrected chi connectivity index (χ1v) is 10.2. The van der Waals surface area contributed by atoms with Crippen LogP contribution in [0.1, 0.15) is 31.2 Å². The molecular weight excluding hydrogens is 382 g/mol. The zero-order valence-corrected chi connectivity index (χ0v) is 17.6. The van der Waals surface area contributed by atoms with E-state index in [1.165, 1.54) is 12.8 Å². The summed E-state index contributed by atoms with van der Waals surface area (Å²) < 4.78 is 22.0. The van der Waals surface area contributed by atoms with Gasteiger partial charge in [0.15, 0.2) is 0 Å². The molecule has 0 radical (unpaired) electrons. The number of aromatic nitrogens is 2. The summed E-state index contributed by atoms with van der Waals surface area (Å²) in [6, 6.07) is 14.1. The Morgan fingerprint density at radius 1 is 1.00 bits per heavy atom. The summed E-state index contributed by atoms with van der Waals surface area (Å²) in [6.07, 6.45) is 2.35. The quantitative estimate of drug-likeness (QED) is 0.494. The zero-order chi connectivity index (χ0) is 20.9. The predicted molar refractivity (Wildman–Crippen MR) is 113 cm³/mol. The molecule has 0 saturated heterocycles. The summed E-state index contributed by atoms with van der Waals surface area (Å²) in [5, 5.41) is 4.16. The van der Waals surface area contributed by atoms with Gasteiger partial charge in [-0.25, -0.2) is 0 Å². The van der Waals surface area contributed by atoms with Crippen LogP contribution in [-0.2, 0) is 13.1 Å². The third kappa shape index (κ3) is 4.74. The molecule has 7 heteroatoms. The molecule has 0 N–H and O–H groups in total. The Morgan fingerprint density at radius 3 is 2.43 bits per heavy atom. The van der Waals surface area contributed by atoms with Crippen molar-refractivity contribution < 1.29 is 18.7 Å². The summed E-state index contributed by atoms with van der Waals surface area (Å²) >= 11 is 0. The minimum absolute atomic E-state index is 0.515. The van der Waals surface area contributed by atoms with Gasteiger partial charge in [-0.3, -0.25) is 4.90 Å². The number of nitrogens with zero attached hydrogens (tertiary/aromatic N) is 3. The van der Waals surface area contributed by atoms with Gasteiger partial charge in [0.25, 0.3) is 0 Å². The van der Waals surface area contributed by atoms with Crippen molar-refractivity contribution >= 4 is 0 Å². The van der Waals surface area contributed by atoms with Gasteiger partial charge in [0.05, 0.1) is 27.4 Å². The lowest BCUT2D eigenvalue weighted by atomic mass is 10.1. The fraction of sp³-hybridized carbons (Fsp3) is 0.391. The van der Waals surface area contributed by atoms with E-state index in [9.17, 15) is 0 Å². The largest absolute Gasteiger partial charge is 0.497 e. The van der Waals surface area contributed by atoms with E-state index in [0.717, 1.165) is 34.9 Å². The third-order valence-electron chi connectivity index (χ3n) is 5.15. The van der Waals surface area contributed by atoms with Gasteiger partial charge < -0.3 is 18.7 Å². The Morgan fingerprint density at radius 2 is 1.77 bits per heavy atom. The summed E-state index contributed by atoms with van der Waals surface area (Å²) in [6.45, 7) is 3.92. The van der Waals surface area contributed by atoms with E-state index >= 15 is 0 Å². The summed E-state index contributed by atoms with van der Waals surface area (Å²) in [7, 11) is 3.36. The van der Waals surface area contributed by atoms with Gasteiger partial charge in [-0.15, -0.1) is 0 Å². The SMILES string of the molecule is CCOc1ccc(-c2noc(CN(Cc3cc(OC)ccc3OC)C3CC3)n2)cc1. The molecule has 0 amide bonds. The van der Waals surface area contributed by atoms with Crippen LogP contribution in [-0.4, -0.2) is 41.9 Å². The van der Waals surface area contributed by atoms with Crippen molar-refractivity contribution in [3.05, 3.63) is 53.9 Å². The topological polar surface area (TPSA) is 69.9 Å². The zero-order valence-electron chi connectivity index (χ0n) is 17.6. The Hall–Kier alpha value is -3.06. The molecule has 7 nitrogen and oxygen atoms in total. The van der Waals surface area contributed by atoms with Crippen molar-refractivity contribution in [2.75, 3.05) is 20.8 Å². The lowest BCUT2D eigenvalue weighted by Crippen LogP contribution is -2.25. The summed E-state index contributed by atoms with van der Waals surface area (Å²) in [5.41, 5.74) is 1.98. The van der Waals surface area contributed by atoms with Gasteiger partial charge in [0.1, 0.15) is 17.2 Å². The lowest BCUT2D eigenvalue weighted by molar-refractivity contribution is 0.207. The summed E-state index contributed by atoms with van der Waals surface area (Å²) in [5.74, 6) is 3.69. The molecule has 3 aromatic rings. The molecule has 30 heavy (non-hydrogen) atoms. The molecule has 1 fully saturated rings. The average Bonchev–Trinajstić information content (AvgIpc) is 3.53. The standard InChI is InChI=1S/C23H27N3O4/c1-4-29-19-9-5-16(6-10-19)23-24-22(30-25-23)15-26(18-7-8-18)14-17-13-20(27-2)11-12-21(17)28-3/h5-6,9-13,18H,4,7-8,14-15H2,1-3H3. The minimum atomic E-state index is 0.515. The van der Waals surface area contributed by atoms with Gasteiger partial charge in [-0.1, -0.05) is 5.16 Å². The molecular formula is C23H27N3O4. The fourth-order valence-corrected chi connectivity index (χ4v) is 3.46. The molecule has 0 bridgehead atoms. The maximum absolute atomic E-state index is 5.55. The predicted octanol–water partition coefficient (Wildman–Crippen LogP) is 4.32. The molecule has 1 heterocycles. The van der Waals surface area contributed by atoms with E-state index in [4.69, 9.17) is 18.7 Å². The minimum Gasteiger partial charge on any atom is -0.497 e. The molecule has 4 rings (SSSR count). The number of hydrogen-bond acceptors (Lipinski definition) is 7. The highest BCUT2D eigenvalue weighted by molar-refractivity contribution is 5.55. The highest BCUT2D eigenvalue weighted by Gasteiger charge is 2.31. The van der Waals surface area contributed by atoms with Crippen LogP contribution in [0.25, 0.3) is 11.4 Å². The van der Waals surface area contributed by atoms with Crippen molar-refractivity contribution in [2.45, 2.75) is 38.9 Å². The molecule has 158 valence electrons. The monoisotopic (exact) mass is 409 g/mol. The molecule has 0 unspecified atom stereocenters. The number of benzene rings is 2. The second kappa shape index (κ2) is 9.17. The van der Waals surface area contributed by atoms with E-state index in [2.05, 4.69) is 15.0 Å². The first-order chi connectivity index (χ1) is 14.7. The Balaban J connectivity index is 1.48. The van der Waals surface area contributed by atoms with E-state index in [-0.39, 0.29) is 0 Å².